The number of hydrogen-bond donors (Lipinski definition) is 0. The SMILES string of the molecule is CC(=O)C(C)S(=O)(=O)CC#N. The Morgan fingerprint density at radius 3 is 2.36 bits per heavy atom. The Morgan fingerprint density at radius 1 is 1.64 bits per heavy atom. The number of hydrogen-bond acceptors (Lipinski definition) is 4. The predicted octanol–water partition coefficient (Wildman–Crippen LogP) is -0.0977. The van der Waals surface area contributed by atoms with E-state index in [1.165, 1.54) is 19.9 Å². The van der Waals surface area contributed by atoms with E-state index in [2.05, 4.69) is 0 Å². The molecule has 0 aliphatic carbocycles. The quantitative estimate of drug-likeness (QED) is 0.600. The summed E-state index contributed by atoms with van der Waals surface area (Å²) in [5.74, 6) is -1.02. The van der Waals surface area contributed by atoms with Gasteiger partial charge in [-0.25, -0.2) is 8.42 Å². The van der Waals surface area contributed by atoms with Crippen molar-refractivity contribution in [3.63, 3.8) is 0 Å². The maximum atomic E-state index is 10.9. The van der Waals surface area contributed by atoms with E-state index in [4.69, 9.17) is 5.26 Å². The first kappa shape index (κ1) is 10.1. The van der Waals surface area contributed by atoms with Crippen molar-refractivity contribution in [3.8, 4) is 6.07 Å². The highest BCUT2D eigenvalue weighted by Gasteiger charge is 2.23. The van der Waals surface area contributed by atoms with Gasteiger partial charge in [0, 0.05) is 0 Å². The summed E-state index contributed by atoms with van der Waals surface area (Å²) in [6.45, 7) is 2.48. The number of ketones is 1. The van der Waals surface area contributed by atoms with Crippen LogP contribution in [0.15, 0.2) is 0 Å². The lowest BCUT2D eigenvalue weighted by Gasteiger charge is -2.04. The lowest BCUT2D eigenvalue weighted by atomic mass is 10.3. The summed E-state index contributed by atoms with van der Waals surface area (Å²) >= 11 is 0. The molecule has 11 heavy (non-hydrogen) atoms. The van der Waals surface area contributed by atoms with E-state index in [1.54, 1.807) is 0 Å². The molecule has 0 radical (unpaired) electrons. The second kappa shape index (κ2) is 3.49. The normalized spacial score (nSPS) is 13.5. The molecule has 0 aromatic heterocycles. The number of rotatable bonds is 3. The van der Waals surface area contributed by atoms with Gasteiger partial charge in [-0.05, 0) is 13.8 Å². The van der Waals surface area contributed by atoms with Crippen molar-refractivity contribution in [1.82, 2.24) is 0 Å². The first-order valence-corrected chi connectivity index (χ1v) is 4.72. The van der Waals surface area contributed by atoms with E-state index in [0.29, 0.717) is 0 Å². The monoisotopic (exact) mass is 175 g/mol. The number of carbonyl (C=O) groups excluding carboxylic acids is 1. The minimum absolute atomic E-state index is 0.430. The minimum Gasteiger partial charge on any atom is -0.299 e. The Balaban J connectivity index is 4.61. The molecule has 1 unspecified atom stereocenters. The molecule has 0 aliphatic heterocycles. The molecule has 0 saturated carbocycles. The van der Waals surface area contributed by atoms with Gasteiger partial charge in [-0.1, -0.05) is 0 Å². The molecule has 0 N–H and O–H groups in total. The van der Waals surface area contributed by atoms with Crippen LogP contribution in [0.25, 0.3) is 0 Å². The number of Topliss-reactive ketones (excluding diaryl/α,β-unsaturated/α-hetero) is 1. The molecule has 0 fully saturated rings. The summed E-state index contributed by atoms with van der Waals surface area (Å²) in [6, 6.07) is 1.50. The molecular weight excluding hydrogens is 166 g/mol. The summed E-state index contributed by atoms with van der Waals surface area (Å²) in [4.78, 5) is 10.6. The smallest absolute Gasteiger partial charge is 0.173 e. The number of sulfone groups is 1. The van der Waals surface area contributed by atoms with Crippen LogP contribution < -0.4 is 0 Å². The maximum Gasteiger partial charge on any atom is 0.173 e. The van der Waals surface area contributed by atoms with E-state index in [-0.39, 0.29) is 0 Å². The second-order valence-electron chi connectivity index (χ2n) is 2.22. The summed E-state index contributed by atoms with van der Waals surface area (Å²) in [5.41, 5.74) is 0. The van der Waals surface area contributed by atoms with Gasteiger partial charge < -0.3 is 0 Å². The average Bonchev–Trinajstić information content (AvgIpc) is 1.86. The molecule has 0 heterocycles. The minimum atomic E-state index is -3.52. The van der Waals surface area contributed by atoms with Crippen LogP contribution in [0.4, 0.5) is 0 Å². The predicted molar refractivity (Wildman–Crippen MR) is 39.5 cm³/mol. The highest BCUT2D eigenvalue weighted by molar-refractivity contribution is 7.92. The molecule has 0 rings (SSSR count). The van der Waals surface area contributed by atoms with Crippen LogP contribution in [0.2, 0.25) is 0 Å². The molecule has 0 bridgehead atoms. The van der Waals surface area contributed by atoms with Gasteiger partial charge >= 0.3 is 0 Å². The summed E-state index contributed by atoms with van der Waals surface area (Å²) in [5, 5.41) is 7.04. The molecule has 0 saturated heterocycles. The molecule has 4 nitrogen and oxygen atoms in total. The molecular formula is C6H9NO3S. The fourth-order valence-electron chi connectivity index (χ4n) is 0.468. The van der Waals surface area contributed by atoms with Gasteiger partial charge in [0.25, 0.3) is 0 Å². The van der Waals surface area contributed by atoms with Crippen LogP contribution in [0.1, 0.15) is 13.8 Å². The van der Waals surface area contributed by atoms with E-state index < -0.39 is 26.6 Å². The van der Waals surface area contributed by atoms with Crippen molar-refractivity contribution in [2.45, 2.75) is 19.1 Å². The van der Waals surface area contributed by atoms with E-state index in [1.807, 2.05) is 0 Å². The van der Waals surface area contributed by atoms with Gasteiger partial charge in [0.1, 0.15) is 16.8 Å². The Labute approximate surface area is 65.7 Å². The summed E-state index contributed by atoms with van der Waals surface area (Å²) in [6.07, 6.45) is 0. The number of nitrogens with zero attached hydrogens (tertiary/aromatic N) is 1. The molecule has 62 valence electrons. The fraction of sp³-hybridized carbons (Fsp3) is 0.667. The zero-order chi connectivity index (χ0) is 9.07. The van der Waals surface area contributed by atoms with Crippen LogP contribution in [0.5, 0.6) is 0 Å². The Morgan fingerprint density at radius 2 is 2.09 bits per heavy atom. The number of carbonyl (C=O) groups is 1. The van der Waals surface area contributed by atoms with Crippen LogP contribution in [-0.2, 0) is 14.6 Å². The largest absolute Gasteiger partial charge is 0.299 e. The average molecular weight is 175 g/mol. The first-order valence-electron chi connectivity index (χ1n) is 3.01. The highest BCUT2D eigenvalue weighted by Crippen LogP contribution is 2.01. The highest BCUT2D eigenvalue weighted by atomic mass is 32.2. The molecule has 1 atom stereocenters. The Hall–Kier alpha value is -0.890. The molecule has 0 aromatic carbocycles. The molecule has 5 heteroatoms. The van der Waals surface area contributed by atoms with Gasteiger partial charge in [-0.2, -0.15) is 5.26 Å². The van der Waals surface area contributed by atoms with E-state index >= 15 is 0 Å². The van der Waals surface area contributed by atoms with Crippen LogP contribution in [-0.4, -0.2) is 25.2 Å². The summed E-state index contributed by atoms with van der Waals surface area (Å²) in [7, 11) is -3.52. The summed E-state index contributed by atoms with van der Waals surface area (Å²) < 4.78 is 21.9. The van der Waals surface area contributed by atoms with Crippen molar-refractivity contribution in [2.75, 3.05) is 5.75 Å². The van der Waals surface area contributed by atoms with E-state index in [0.717, 1.165) is 0 Å². The van der Waals surface area contributed by atoms with Gasteiger partial charge in [-0.3, -0.25) is 4.79 Å². The van der Waals surface area contributed by atoms with Crippen LogP contribution in [0.3, 0.4) is 0 Å². The zero-order valence-electron chi connectivity index (χ0n) is 6.36. The van der Waals surface area contributed by atoms with Gasteiger partial charge in [0.15, 0.2) is 9.84 Å². The van der Waals surface area contributed by atoms with Crippen LogP contribution in [0, 0.1) is 11.3 Å². The Bertz CT molecular complexity index is 285. The molecule has 0 amide bonds. The van der Waals surface area contributed by atoms with Crippen molar-refractivity contribution in [3.05, 3.63) is 0 Å². The zero-order valence-corrected chi connectivity index (χ0v) is 7.18. The lowest BCUT2D eigenvalue weighted by molar-refractivity contribution is -0.116. The van der Waals surface area contributed by atoms with Gasteiger partial charge in [-0.15, -0.1) is 0 Å². The molecule has 0 aromatic rings. The third kappa shape index (κ3) is 2.68. The molecule has 0 aliphatic rings. The van der Waals surface area contributed by atoms with Gasteiger partial charge in [0.05, 0.1) is 6.07 Å². The first-order chi connectivity index (χ1) is 4.91. The van der Waals surface area contributed by atoms with E-state index in [9.17, 15) is 13.2 Å². The standard InChI is InChI=1S/C6H9NO3S/c1-5(8)6(2)11(9,10)4-3-7/h6H,4H2,1-2H3. The fourth-order valence-corrected chi connectivity index (χ4v) is 1.40. The molecule has 0 spiro atoms. The lowest BCUT2D eigenvalue weighted by Crippen LogP contribution is -2.26. The second-order valence-corrected chi connectivity index (χ2v) is 4.54. The third-order valence-electron chi connectivity index (χ3n) is 1.38. The van der Waals surface area contributed by atoms with Crippen molar-refractivity contribution in [1.29, 1.82) is 5.26 Å². The number of nitriles is 1. The maximum absolute atomic E-state index is 10.9. The van der Waals surface area contributed by atoms with Crippen molar-refractivity contribution >= 4 is 15.6 Å². The van der Waals surface area contributed by atoms with Gasteiger partial charge in [0.2, 0.25) is 0 Å². The Kier molecular flexibility index (Phi) is 3.20. The van der Waals surface area contributed by atoms with Crippen LogP contribution >= 0.6 is 0 Å². The topological polar surface area (TPSA) is 75.0 Å². The van der Waals surface area contributed by atoms with Crippen molar-refractivity contribution in [2.24, 2.45) is 0 Å². The van der Waals surface area contributed by atoms with Crippen molar-refractivity contribution < 1.29 is 13.2 Å². The third-order valence-corrected chi connectivity index (χ3v) is 3.32.